The van der Waals surface area contributed by atoms with Gasteiger partial charge >= 0.3 is 0 Å². The van der Waals surface area contributed by atoms with Crippen LogP contribution in [0.4, 0.5) is 20.3 Å². The van der Waals surface area contributed by atoms with Gasteiger partial charge in [-0.2, -0.15) is 5.10 Å². The first-order chi connectivity index (χ1) is 21.6. The lowest BCUT2D eigenvalue weighted by Crippen LogP contribution is -2.35. The summed E-state index contributed by atoms with van der Waals surface area (Å²) in [6.45, 7) is 15.8. The number of carbonyl (C=O) groups is 1. The van der Waals surface area contributed by atoms with Gasteiger partial charge in [-0.25, -0.2) is 18.5 Å². The van der Waals surface area contributed by atoms with E-state index in [0.717, 1.165) is 24.0 Å². The zero-order valence-corrected chi connectivity index (χ0v) is 27.1. The fraction of sp³-hybridized carbons (Fsp3) is 0.289. The van der Waals surface area contributed by atoms with Crippen molar-refractivity contribution in [2.75, 3.05) is 4.90 Å². The molecule has 0 saturated heterocycles. The van der Waals surface area contributed by atoms with Gasteiger partial charge < -0.3 is 0 Å². The number of rotatable bonds is 12. The van der Waals surface area contributed by atoms with Crippen molar-refractivity contribution in [3.8, 4) is 11.3 Å². The number of benzene rings is 3. The van der Waals surface area contributed by atoms with Crippen molar-refractivity contribution in [2.45, 2.75) is 73.3 Å². The molecule has 1 heterocycles. The molecule has 4 aromatic rings. The molecule has 1 aromatic heterocycles. The Kier molecular flexibility index (Phi) is 11.0. The lowest BCUT2D eigenvalue weighted by atomic mass is 9.99. The average molecular weight is 609 g/mol. The van der Waals surface area contributed by atoms with Crippen LogP contribution in [0.25, 0.3) is 16.8 Å². The first-order valence-corrected chi connectivity index (χ1v) is 15.6. The minimum Gasteiger partial charge on any atom is -0.279 e. The Morgan fingerprint density at radius 3 is 2.33 bits per heavy atom. The SMILES string of the molecule is C=C(CC)c1c(-c2ccc(C)c(F)c2)nn(C(C)/C(=C\CC)N(C(=O)c2c(C)cccc2F)c2ccccc2)c1N=CCCC. The highest BCUT2D eigenvalue weighted by Gasteiger charge is 2.32. The predicted octanol–water partition coefficient (Wildman–Crippen LogP) is 10.6. The van der Waals surface area contributed by atoms with Gasteiger partial charge in [0.05, 0.1) is 11.6 Å². The number of aryl methyl sites for hydroxylation is 2. The van der Waals surface area contributed by atoms with E-state index in [1.807, 2.05) is 69.5 Å². The number of hydrogen-bond acceptors (Lipinski definition) is 3. The number of halogens is 2. The number of unbranched alkanes of at least 4 members (excludes halogenated alkanes) is 1. The summed E-state index contributed by atoms with van der Waals surface area (Å²) in [5, 5.41) is 5.07. The standard InChI is InChI=1S/C38H42F2N4O/c1-8-11-23-41-37-35(25(4)10-3)36(29-22-21-26(5)32(40)24-29)42-44(37)28(7)33(16-9-2)43(30-18-13-12-14-19-30)38(45)34-27(6)17-15-20-31(34)39/h12-24,28H,4,8-11H2,1-3,5-7H3/b33-16+,41-23?. The summed E-state index contributed by atoms with van der Waals surface area (Å²) in [5.74, 6) is -0.820. The second-order valence-corrected chi connectivity index (χ2v) is 11.1. The smallest absolute Gasteiger partial charge is 0.265 e. The summed E-state index contributed by atoms with van der Waals surface area (Å²) in [7, 11) is 0. The largest absolute Gasteiger partial charge is 0.279 e. The number of anilines is 1. The van der Waals surface area contributed by atoms with Crippen molar-refractivity contribution >= 4 is 29.2 Å². The summed E-state index contributed by atoms with van der Waals surface area (Å²) >= 11 is 0. The van der Waals surface area contributed by atoms with E-state index in [-0.39, 0.29) is 11.4 Å². The number of hydrogen-bond donors (Lipinski definition) is 0. The Balaban J connectivity index is 2.00. The van der Waals surface area contributed by atoms with E-state index in [1.54, 1.807) is 41.6 Å². The van der Waals surface area contributed by atoms with E-state index in [1.165, 1.54) is 12.1 Å². The normalized spacial score (nSPS) is 12.5. The second kappa shape index (κ2) is 14.9. The van der Waals surface area contributed by atoms with Crippen molar-refractivity contribution in [1.29, 1.82) is 0 Å². The topological polar surface area (TPSA) is 50.5 Å². The van der Waals surface area contributed by atoms with Crippen LogP contribution < -0.4 is 4.90 Å². The lowest BCUT2D eigenvalue weighted by Gasteiger charge is -2.31. The first-order valence-electron chi connectivity index (χ1n) is 15.6. The molecule has 4 rings (SSSR count). The Labute approximate surface area is 265 Å². The van der Waals surface area contributed by atoms with Crippen LogP contribution in [-0.4, -0.2) is 21.9 Å². The van der Waals surface area contributed by atoms with E-state index < -0.39 is 17.8 Å². The predicted molar refractivity (Wildman–Crippen MR) is 182 cm³/mol. The van der Waals surface area contributed by atoms with E-state index in [4.69, 9.17) is 10.1 Å². The van der Waals surface area contributed by atoms with Crippen LogP contribution in [0, 0.1) is 25.5 Å². The van der Waals surface area contributed by atoms with Crippen molar-refractivity contribution in [3.63, 3.8) is 0 Å². The van der Waals surface area contributed by atoms with Crippen LogP contribution in [-0.2, 0) is 0 Å². The highest BCUT2D eigenvalue weighted by Crippen LogP contribution is 2.41. The van der Waals surface area contributed by atoms with Crippen LogP contribution in [0.5, 0.6) is 0 Å². The third-order valence-corrected chi connectivity index (χ3v) is 7.86. The van der Waals surface area contributed by atoms with Gasteiger partial charge in [0.25, 0.3) is 5.91 Å². The van der Waals surface area contributed by atoms with Crippen molar-refractivity contribution in [3.05, 3.63) is 119 Å². The molecule has 1 amide bonds. The van der Waals surface area contributed by atoms with Gasteiger partial charge in [0, 0.05) is 28.7 Å². The molecule has 234 valence electrons. The summed E-state index contributed by atoms with van der Waals surface area (Å²) in [4.78, 5) is 20.9. The Morgan fingerprint density at radius 1 is 0.978 bits per heavy atom. The maximum atomic E-state index is 15.3. The van der Waals surface area contributed by atoms with Gasteiger partial charge in [-0.15, -0.1) is 0 Å². The zero-order valence-electron chi connectivity index (χ0n) is 27.1. The van der Waals surface area contributed by atoms with E-state index >= 15 is 4.39 Å². The molecule has 0 bridgehead atoms. The molecular weight excluding hydrogens is 566 g/mol. The quantitative estimate of drug-likeness (QED) is 0.150. The van der Waals surface area contributed by atoms with Crippen molar-refractivity contribution in [1.82, 2.24) is 9.78 Å². The molecule has 1 atom stereocenters. The van der Waals surface area contributed by atoms with Gasteiger partial charge in [0.15, 0.2) is 5.82 Å². The molecule has 0 aliphatic heterocycles. The maximum absolute atomic E-state index is 15.3. The third-order valence-electron chi connectivity index (χ3n) is 7.86. The number of nitrogens with zero attached hydrogens (tertiary/aromatic N) is 4. The molecule has 5 nitrogen and oxygen atoms in total. The van der Waals surface area contributed by atoms with E-state index in [2.05, 4.69) is 13.5 Å². The summed E-state index contributed by atoms with van der Waals surface area (Å²) in [6, 6.07) is 18.4. The van der Waals surface area contributed by atoms with Gasteiger partial charge in [-0.1, -0.05) is 82.3 Å². The van der Waals surface area contributed by atoms with Crippen LogP contribution in [0.2, 0.25) is 0 Å². The van der Waals surface area contributed by atoms with Crippen LogP contribution in [0.1, 0.15) is 86.5 Å². The molecule has 7 heteroatoms. The number of amides is 1. The molecule has 3 aromatic carbocycles. The number of para-hydroxylation sites is 1. The fourth-order valence-electron chi connectivity index (χ4n) is 5.30. The lowest BCUT2D eigenvalue weighted by molar-refractivity contribution is 0.0987. The first kappa shape index (κ1) is 33.2. The molecule has 0 aliphatic carbocycles. The fourth-order valence-corrected chi connectivity index (χ4v) is 5.30. The zero-order chi connectivity index (χ0) is 32.7. The Morgan fingerprint density at radius 2 is 1.71 bits per heavy atom. The number of allylic oxidation sites excluding steroid dienone is 3. The van der Waals surface area contributed by atoms with Gasteiger partial charge in [-0.05, 0) is 81.0 Å². The molecule has 45 heavy (non-hydrogen) atoms. The van der Waals surface area contributed by atoms with Gasteiger partial charge in [-0.3, -0.25) is 9.69 Å². The van der Waals surface area contributed by atoms with E-state index in [9.17, 15) is 9.18 Å². The molecule has 0 fully saturated rings. The third kappa shape index (κ3) is 7.03. The van der Waals surface area contributed by atoms with Crippen LogP contribution in [0.15, 0.2) is 90.1 Å². The van der Waals surface area contributed by atoms with Gasteiger partial charge in [0.1, 0.15) is 17.3 Å². The number of aromatic nitrogens is 2. The molecule has 0 N–H and O–H groups in total. The minimum atomic E-state index is -0.585. The summed E-state index contributed by atoms with van der Waals surface area (Å²) in [5.41, 5.74) is 5.02. The average Bonchev–Trinajstić information content (AvgIpc) is 3.41. The molecule has 1 unspecified atom stereocenters. The summed E-state index contributed by atoms with van der Waals surface area (Å²) < 4.78 is 31.9. The maximum Gasteiger partial charge on any atom is 0.265 e. The number of carbonyl (C=O) groups excluding carboxylic acids is 1. The molecule has 0 aliphatic rings. The van der Waals surface area contributed by atoms with Gasteiger partial charge in [0.2, 0.25) is 0 Å². The monoisotopic (exact) mass is 608 g/mol. The highest BCUT2D eigenvalue weighted by molar-refractivity contribution is 6.09. The highest BCUT2D eigenvalue weighted by atomic mass is 19.1. The van der Waals surface area contributed by atoms with E-state index in [0.29, 0.717) is 52.4 Å². The molecular formula is C38H42F2N4O. The van der Waals surface area contributed by atoms with Crippen LogP contribution in [0.3, 0.4) is 0 Å². The Hall–Kier alpha value is -4.65. The minimum absolute atomic E-state index is 0.00748. The van der Waals surface area contributed by atoms with Crippen LogP contribution >= 0.6 is 0 Å². The summed E-state index contributed by atoms with van der Waals surface area (Å²) in [6.07, 6.45) is 6.73. The number of aliphatic imine (C=N–C) groups is 1. The molecule has 0 spiro atoms. The van der Waals surface area contributed by atoms with Crippen molar-refractivity contribution in [2.24, 2.45) is 4.99 Å². The Bertz CT molecular complexity index is 1720. The second-order valence-electron chi connectivity index (χ2n) is 11.1. The van der Waals surface area contributed by atoms with Crippen molar-refractivity contribution < 1.29 is 13.6 Å². The molecule has 0 saturated carbocycles. The molecule has 0 radical (unpaired) electrons.